The molecule has 2 N–H and O–H groups in total. The van der Waals surface area contributed by atoms with E-state index in [1.165, 1.54) is 0 Å². The van der Waals surface area contributed by atoms with Gasteiger partial charge in [0.2, 0.25) is 5.91 Å². The van der Waals surface area contributed by atoms with Crippen molar-refractivity contribution in [2.75, 3.05) is 25.5 Å². The van der Waals surface area contributed by atoms with Crippen molar-refractivity contribution in [3.8, 4) is 0 Å². The van der Waals surface area contributed by atoms with Crippen molar-refractivity contribution in [2.45, 2.75) is 13.5 Å². The topological polar surface area (TPSA) is 50.4 Å². The van der Waals surface area contributed by atoms with Gasteiger partial charge in [-0.05, 0) is 19.1 Å². The van der Waals surface area contributed by atoms with E-state index in [9.17, 15) is 4.79 Å². The number of ether oxygens (including phenoxy) is 1. The SMILES string of the molecule is CCNC(=O)CNc1cccc(Br)c1COC. The number of hydrogen-bond donors (Lipinski definition) is 2. The van der Waals surface area contributed by atoms with Crippen molar-refractivity contribution in [3.05, 3.63) is 28.2 Å². The summed E-state index contributed by atoms with van der Waals surface area (Å²) in [6.45, 7) is 3.30. The Balaban J connectivity index is 2.69. The Bertz CT molecular complexity index is 383. The van der Waals surface area contributed by atoms with Gasteiger partial charge in [-0.15, -0.1) is 0 Å². The molecule has 0 aromatic heterocycles. The van der Waals surface area contributed by atoms with Gasteiger partial charge in [0, 0.05) is 29.4 Å². The maximum atomic E-state index is 11.4. The molecule has 1 aromatic rings. The molecule has 0 atom stereocenters. The molecule has 0 aliphatic carbocycles. The van der Waals surface area contributed by atoms with Crippen molar-refractivity contribution in [3.63, 3.8) is 0 Å². The molecular formula is C12H17BrN2O2. The fourth-order valence-corrected chi connectivity index (χ4v) is 1.93. The summed E-state index contributed by atoms with van der Waals surface area (Å²) in [6.07, 6.45) is 0. The Morgan fingerprint density at radius 1 is 1.47 bits per heavy atom. The average molecular weight is 301 g/mol. The van der Waals surface area contributed by atoms with E-state index in [0.717, 1.165) is 15.7 Å². The van der Waals surface area contributed by atoms with Gasteiger partial charge in [-0.25, -0.2) is 0 Å². The summed E-state index contributed by atoms with van der Waals surface area (Å²) < 4.78 is 6.11. The highest BCUT2D eigenvalue weighted by molar-refractivity contribution is 9.10. The molecule has 1 rings (SSSR count). The Kier molecular flexibility index (Phi) is 6.00. The van der Waals surface area contributed by atoms with Crippen LogP contribution < -0.4 is 10.6 Å². The minimum Gasteiger partial charge on any atom is -0.380 e. The van der Waals surface area contributed by atoms with Crippen molar-refractivity contribution in [2.24, 2.45) is 0 Å². The number of anilines is 1. The highest BCUT2D eigenvalue weighted by atomic mass is 79.9. The van der Waals surface area contributed by atoms with Gasteiger partial charge in [-0.1, -0.05) is 22.0 Å². The van der Waals surface area contributed by atoms with Crippen molar-refractivity contribution >= 4 is 27.5 Å². The standard InChI is InChI=1S/C12H17BrN2O2/c1-3-14-12(16)7-15-11-6-4-5-10(13)9(11)8-17-2/h4-6,15H,3,7-8H2,1-2H3,(H,14,16). The van der Waals surface area contributed by atoms with Crippen molar-refractivity contribution in [1.29, 1.82) is 0 Å². The molecule has 1 aromatic carbocycles. The summed E-state index contributed by atoms with van der Waals surface area (Å²) in [5.41, 5.74) is 1.92. The Morgan fingerprint density at radius 3 is 2.88 bits per heavy atom. The molecule has 0 aliphatic heterocycles. The predicted octanol–water partition coefficient (Wildman–Crippen LogP) is 2.14. The number of nitrogens with one attached hydrogen (secondary N) is 2. The number of carbonyl (C=O) groups excluding carboxylic acids is 1. The van der Waals surface area contributed by atoms with Crippen LogP contribution in [-0.4, -0.2) is 26.1 Å². The molecule has 0 spiro atoms. The van der Waals surface area contributed by atoms with Crippen LogP contribution in [0.3, 0.4) is 0 Å². The van der Waals surface area contributed by atoms with E-state index in [-0.39, 0.29) is 12.5 Å². The van der Waals surface area contributed by atoms with Crippen LogP contribution in [0.5, 0.6) is 0 Å². The smallest absolute Gasteiger partial charge is 0.239 e. The van der Waals surface area contributed by atoms with Crippen LogP contribution in [0.4, 0.5) is 5.69 Å². The van der Waals surface area contributed by atoms with Crippen LogP contribution in [0, 0.1) is 0 Å². The predicted molar refractivity (Wildman–Crippen MR) is 72.0 cm³/mol. The van der Waals surface area contributed by atoms with Gasteiger partial charge in [0.05, 0.1) is 13.2 Å². The third-order valence-electron chi connectivity index (χ3n) is 2.22. The Labute approximate surface area is 110 Å². The minimum absolute atomic E-state index is 0.0177. The van der Waals surface area contributed by atoms with E-state index in [2.05, 4.69) is 26.6 Å². The first-order chi connectivity index (χ1) is 8.19. The normalized spacial score (nSPS) is 10.1. The maximum absolute atomic E-state index is 11.4. The summed E-state index contributed by atoms with van der Waals surface area (Å²) in [5.74, 6) is -0.0177. The van der Waals surface area contributed by atoms with Crippen LogP contribution in [0.25, 0.3) is 0 Å². The largest absolute Gasteiger partial charge is 0.380 e. The number of halogens is 1. The quantitative estimate of drug-likeness (QED) is 0.846. The summed E-state index contributed by atoms with van der Waals surface area (Å²) in [6, 6.07) is 5.80. The van der Waals surface area contributed by atoms with Crippen molar-refractivity contribution in [1.82, 2.24) is 5.32 Å². The summed E-state index contributed by atoms with van der Waals surface area (Å²) >= 11 is 3.47. The molecule has 94 valence electrons. The van der Waals surface area contributed by atoms with E-state index in [0.29, 0.717) is 13.2 Å². The second-order valence-electron chi connectivity index (χ2n) is 3.51. The minimum atomic E-state index is -0.0177. The number of amides is 1. The van der Waals surface area contributed by atoms with Gasteiger partial charge in [0.25, 0.3) is 0 Å². The van der Waals surface area contributed by atoms with E-state index >= 15 is 0 Å². The second-order valence-corrected chi connectivity index (χ2v) is 4.36. The molecular weight excluding hydrogens is 284 g/mol. The Hall–Kier alpha value is -1.07. The molecule has 5 heteroatoms. The average Bonchev–Trinajstić information content (AvgIpc) is 2.30. The highest BCUT2D eigenvalue weighted by Gasteiger charge is 2.07. The first kappa shape index (κ1) is 14.0. The lowest BCUT2D eigenvalue weighted by molar-refractivity contribution is -0.119. The monoisotopic (exact) mass is 300 g/mol. The van der Waals surface area contributed by atoms with Gasteiger partial charge in [-0.3, -0.25) is 4.79 Å². The van der Waals surface area contributed by atoms with Gasteiger partial charge in [-0.2, -0.15) is 0 Å². The fraction of sp³-hybridized carbons (Fsp3) is 0.417. The second kappa shape index (κ2) is 7.29. The Morgan fingerprint density at radius 2 is 2.24 bits per heavy atom. The fourth-order valence-electron chi connectivity index (χ4n) is 1.45. The number of methoxy groups -OCH3 is 1. The summed E-state index contributed by atoms with van der Waals surface area (Å²) in [4.78, 5) is 11.4. The summed E-state index contributed by atoms with van der Waals surface area (Å²) in [7, 11) is 1.65. The maximum Gasteiger partial charge on any atom is 0.239 e. The van der Waals surface area contributed by atoms with Crippen LogP contribution in [-0.2, 0) is 16.1 Å². The zero-order valence-electron chi connectivity index (χ0n) is 10.0. The highest BCUT2D eigenvalue weighted by Crippen LogP contribution is 2.25. The lowest BCUT2D eigenvalue weighted by atomic mass is 10.2. The molecule has 0 aliphatic rings. The van der Waals surface area contributed by atoms with Crippen LogP contribution in [0.15, 0.2) is 22.7 Å². The van der Waals surface area contributed by atoms with Gasteiger partial charge >= 0.3 is 0 Å². The molecule has 0 saturated carbocycles. The third-order valence-corrected chi connectivity index (χ3v) is 2.96. The lowest BCUT2D eigenvalue weighted by Gasteiger charge is -2.12. The molecule has 17 heavy (non-hydrogen) atoms. The number of rotatable bonds is 6. The molecule has 4 nitrogen and oxygen atoms in total. The number of carbonyl (C=O) groups is 1. The number of hydrogen-bond acceptors (Lipinski definition) is 3. The molecule has 0 bridgehead atoms. The molecule has 1 amide bonds. The molecule has 0 saturated heterocycles. The zero-order chi connectivity index (χ0) is 12.7. The van der Waals surface area contributed by atoms with Gasteiger partial charge in [0.1, 0.15) is 0 Å². The van der Waals surface area contributed by atoms with E-state index in [1.807, 2.05) is 25.1 Å². The van der Waals surface area contributed by atoms with Crippen LogP contribution in [0.1, 0.15) is 12.5 Å². The van der Waals surface area contributed by atoms with Crippen LogP contribution >= 0.6 is 15.9 Å². The zero-order valence-corrected chi connectivity index (χ0v) is 11.6. The number of benzene rings is 1. The first-order valence-electron chi connectivity index (χ1n) is 5.46. The lowest BCUT2D eigenvalue weighted by Crippen LogP contribution is -2.29. The van der Waals surface area contributed by atoms with E-state index < -0.39 is 0 Å². The number of likely N-dealkylation sites (N-methyl/N-ethyl adjacent to an activating group) is 1. The van der Waals surface area contributed by atoms with E-state index in [4.69, 9.17) is 4.74 Å². The third kappa shape index (κ3) is 4.36. The van der Waals surface area contributed by atoms with E-state index in [1.54, 1.807) is 7.11 Å². The van der Waals surface area contributed by atoms with Crippen LogP contribution in [0.2, 0.25) is 0 Å². The molecule has 0 unspecified atom stereocenters. The van der Waals surface area contributed by atoms with Gasteiger partial charge < -0.3 is 15.4 Å². The van der Waals surface area contributed by atoms with Crippen molar-refractivity contribution < 1.29 is 9.53 Å². The molecule has 0 radical (unpaired) electrons. The first-order valence-corrected chi connectivity index (χ1v) is 6.25. The molecule has 0 heterocycles. The summed E-state index contributed by atoms with van der Waals surface area (Å²) in [5, 5.41) is 5.84. The van der Waals surface area contributed by atoms with Gasteiger partial charge in [0.15, 0.2) is 0 Å². The molecule has 0 fully saturated rings.